The van der Waals surface area contributed by atoms with Crippen LogP contribution in [0.3, 0.4) is 0 Å². The molecule has 0 aliphatic heterocycles. The van der Waals surface area contributed by atoms with Gasteiger partial charge in [-0.25, -0.2) is 8.42 Å². The quantitative estimate of drug-likeness (QED) is 0.617. The first-order valence-corrected chi connectivity index (χ1v) is 7.88. The highest BCUT2D eigenvalue weighted by molar-refractivity contribution is 7.89. The van der Waals surface area contributed by atoms with E-state index in [1.165, 1.54) is 22.5 Å². The van der Waals surface area contributed by atoms with Crippen LogP contribution in [0.5, 0.6) is 0 Å². The fraction of sp³-hybridized carbons (Fsp3) is 0.500. The maximum Gasteiger partial charge on any atom is 0.243 e. The number of likely N-dealkylation sites (N-methyl/N-ethyl adjacent to an activating group) is 1. The van der Waals surface area contributed by atoms with E-state index in [1.54, 1.807) is 6.92 Å². The van der Waals surface area contributed by atoms with Crippen molar-refractivity contribution in [3.8, 4) is 0 Å². The lowest BCUT2D eigenvalue weighted by Gasteiger charge is -2.20. The molecule has 1 rings (SSSR count). The highest BCUT2D eigenvalue weighted by Crippen LogP contribution is 2.24. The zero-order chi connectivity index (χ0) is 14.5. The first kappa shape index (κ1) is 16.2. The summed E-state index contributed by atoms with van der Waals surface area (Å²) >= 11 is 5.86. The van der Waals surface area contributed by atoms with Crippen LogP contribution in [-0.2, 0) is 14.8 Å². The summed E-state index contributed by atoms with van der Waals surface area (Å²) < 4.78 is 31.3. The zero-order valence-electron chi connectivity index (χ0n) is 11.1. The largest absolute Gasteiger partial charge is 0.398 e. The standard InChI is InChI=1S/C12H19ClN2O3S/c1-3-15(7-8-18-4-2)19(16,17)10-5-6-12(14)11(13)9-10/h5-6,9H,3-4,7-8,14H2,1-2H3. The third-order valence-corrected chi connectivity index (χ3v) is 4.95. The van der Waals surface area contributed by atoms with E-state index in [0.717, 1.165) is 0 Å². The molecule has 7 heteroatoms. The molecule has 0 aromatic heterocycles. The highest BCUT2D eigenvalue weighted by atomic mass is 35.5. The number of anilines is 1. The lowest BCUT2D eigenvalue weighted by atomic mass is 10.3. The molecule has 0 bridgehead atoms. The first-order valence-electron chi connectivity index (χ1n) is 6.06. The minimum Gasteiger partial charge on any atom is -0.398 e. The van der Waals surface area contributed by atoms with E-state index in [9.17, 15) is 8.42 Å². The van der Waals surface area contributed by atoms with E-state index < -0.39 is 10.0 Å². The second kappa shape index (κ2) is 7.09. The lowest BCUT2D eigenvalue weighted by molar-refractivity contribution is 0.135. The predicted octanol–water partition coefficient (Wildman–Crippen LogP) is 1.97. The van der Waals surface area contributed by atoms with Gasteiger partial charge in [0.05, 0.1) is 22.2 Å². The van der Waals surface area contributed by atoms with Crippen molar-refractivity contribution in [2.45, 2.75) is 18.7 Å². The molecule has 0 radical (unpaired) electrons. The summed E-state index contributed by atoms with van der Waals surface area (Å²) in [6.07, 6.45) is 0. The second-order valence-corrected chi connectivity index (χ2v) is 6.22. The zero-order valence-corrected chi connectivity index (χ0v) is 12.7. The number of hydrogen-bond donors (Lipinski definition) is 1. The van der Waals surface area contributed by atoms with Gasteiger partial charge in [-0.15, -0.1) is 0 Å². The molecule has 0 aliphatic rings. The molecule has 0 saturated carbocycles. The molecule has 108 valence electrons. The minimum absolute atomic E-state index is 0.144. The van der Waals surface area contributed by atoms with Gasteiger partial charge in [0.25, 0.3) is 0 Å². The summed E-state index contributed by atoms with van der Waals surface area (Å²) in [4.78, 5) is 0.144. The molecular weight excluding hydrogens is 288 g/mol. The number of ether oxygens (including phenoxy) is 1. The Hall–Kier alpha value is -0.820. The summed E-state index contributed by atoms with van der Waals surface area (Å²) in [5, 5.41) is 0.238. The molecule has 0 atom stereocenters. The van der Waals surface area contributed by atoms with Gasteiger partial charge in [-0.3, -0.25) is 0 Å². The number of benzene rings is 1. The topological polar surface area (TPSA) is 72.6 Å². The van der Waals surface area contributed by atoms with Crippen molar-refractivity contribution in [1.82, 2.24) is 4.31 Å². The van der Waals surface area contributed by atoms with Gasteiger partial charge in [-0.2, -0.15) is 4.31 Å². The number of sulfonamides is 1. The third kappa shape index (κ3) is 4.07. The summed E-state index contributed by atoms with van der Waals surface area (Å²) in [6, 6.07) is 4.32. The van der Waals surface area contributed by atoms with E-state index in [2.05, 4.69) is 0 Å². The second-order valence-electron chi connectivity index (χ2n) is 3.88. The number of nitrogens with two attached hydrogens (primary N) is 1. The molecule has 1 aromatic carbocycles. The SMILES string of the molecule is CCOCCN(CC)S(=O)(=O)c1ccc(N)c(Cl)c1. The monoisotopic (exact) mass is 306 g/mol. The van der Waals surface area contributed by atoms with Gasteiger partial charge < -0.3 is 10.5 Å². The van der Waals surface area contributed by atoms with Gasteiger partial charge in [0, 0.05) is 19.7 Å². The average Bonchev–Trinajstić information content (AvgIpc) is 2.37. The van der Waals surface area contributed by atoms with Crippen LogP contribution >= 0.6 is 11.6 Å². The fourth-order valence-corrected chi connectivity index (χ4v) is 3.28. The van der Waals surface area contributed by atoms with Crippen LogP contribution in [0, 0.1) is 0 Å². The Morgan fingerprint density at radius 3 is 2.58 bits per heavy atom. The van der Waals surface area contributed by atoms with E-state index in [1.807, 2.05) is 6.92 Å². The van der Waals surface area contributed by atoms with E-state index in [4.69, 9.17) is 22.1 Å². The lowest BCUT2D eigenvalue weighted by Crippen LogP contribution is -2.34. The van der Waals surface area contributed by atoms with E-state index in [0.29, 0.717) is 32.0 Å². The molecular formula is C12H19ClN2O3S. The van der Waals surface area contributed by atoms with Crippen LogP contribution in [0.4, 0.5) is 5.69 Å². The predicted molar refractivity (Wildman–Crippen MR) is 76.8 cm³/mol. The Balaban J connectivity index is 2.96. The molecule has 0 aliphatic carbocycles. The number of halogens is 1. The van der Waals surface area contributed by atoms with Crippen molar-refractivity contribution in [3.63, 3.8) is 0 Å². The smallest absolute Gasteiger partial charge is 0.243 e. The Kier molecular flexibility index (Phi) is 6.06. The van der Waals surface area contributed by atoms with Crippen molar-refractivity contribution in [1.29, 1.82) is 0 Å². The van der Waals surface area contributed by atoms with Gasteiger partial charge in [0.15, 0.2) is 0 Å². The fourth-order valence-electron chi connectivity index (χ4n) is 1.58. The molecule has 0 spiro atoms. The van der Waals surface area contributed by atoms with Crippen LogP contribution in [0.2, 0.25) is 5.02 Å². The third-order valence-electron chi connectivity index (χ3n) is 2.65. The first-order chi connectivity index (χ1) is 8.93. The number of nitrogens with zero attached hydrogens (tertiary/aromatic N) is 1. The van der Waals surface area contributed by atoms with Gasteiger partial charge in [0.1, 0.15) is 0 Å². The van der Waals surface area contributed by atoms with Crippen LogP contribution in [0.15, 0.2) is 23.1 Å². The van der Waals surface area contributed by atoms with Crippen molar-refractivity contribution in [2.24, 2.45) is 0 Å². The molecule has 5 nitrogen and oxygen atoms in total. The number of hydrogen-bond acceptors (Lipinski definition) is 4. The Bertz CT molecular complexity index is 520. The normalized spacial score (nSPS) is 12.0. The Labute approximate surface area is 119 Å². The maximum absolute atomic E-state index is 12.4. The Morgan fingerprint density at radius 1 is 1.37 bits per heavy atom. The van der Waals surface area contributed by atoms with Crippen LogP contribution in [0.25, 0.3) is 0 Å². The van der Waals surface area contributed by atoms with Crippen molar-refractivity contribution < 1.29 is 13.2 Å². The molecule has 0 saturated heterocycles. The molecule has 0 unspecified atom stereocenters. The van der Waals surface area contributed by atoms with Gasteiger partial charge in [-0.05, 0) is 25.1 Å². The van der Waals surface area contributed by atoms with Crippen LogP contribution < -0.4 is 5.73 Å². The van der Waals surface area contributed by atoms with Crippen molar-refractivity contribution in [2.75, 3.05) is 32.0 Å². The molecule has 19 heavy (non-hydrogen) atoms. The van der Waals surface area contributed by atoms with Gasteiger partial charge in [0.2, 0.25) is 10.0 Å². The van der Waals surface area contributed by atoms with Crippen LogP contribution in [0.1, 0.15) is 13.8 Å². The molecule has 0 fully saturated rings. The molecule has 2 N–H and O–H groups in total. The molecule has 0 heterocycles. The van der Waals surface area contributed by atoms with E-state index in [-0.39, 0.29) is 9.92 Å². The van der Waals surface area contributed by atoms with Gasteiger partial charge in [-0.1, -0.05) is 18.5 Å². The maximum atomic E-state index is 12.4. The number of nitrogen functional groups attached to an aromatic ring is 1. The summed E-state index contributed by atoms with van der Waals surface area (Å²) in [7, 11) is -3.56. The molecule has 0 amide bonds. The minimum atomic E-state index is -3.56. The van der Waals surface area contributed by atoms with Crippen molar-refractivity contribution >= 4 is 27.3 Å². The van der Waals surface area contributed by atoms with Crippen LogP contribution in [-0.4, -0.2) is 39.0 Å². The average molecular weight is 307 g/mol. The van der Waals surface area contributed by atoms with Gasteiger partial charge >= 0.3 is 0 Å². The highest BCUT2D eigenvalue weighted by Gasteiger charge is 2.23. The number of rotatable bonds is 7. The van der Waals surface area contributed by atoms with E-state index >= 15 is 0 Å². The summed E-state index contributed by atoms with van der Waals surface area (Å²) in [5.74, 6) is 0. The van der Waals surface area contributed by atoms with Crippen molar-refractivity contribution in [3.05, 3.63) is 23.2 Å². The molecule has 1 aromatic rings. The summed E-state index contributed by atoms with van der Waals surface area (Å²) in [6.45, 7) is 5.26. The Morgan fingerprint density at radius 2 is 2.05 bits per heavy atom. The summed E-state index contributed by atoms with van der Waals surface area (Å²) in [5.41, 5.74) is 5.94.